The van der Waals surface area contributed by atoms with Crippen molar-refractivity contribution in [2.45, 2.75) is 51.9 Å². The first-order valence-corrected chi connectivity index (χ1v) is 5.08. The molecule has 1 aliphatic rings. The van der Waals surface area contributed by atoms with E-state index in [0.717, 1.165) is 5.92 Å². The minimum absolute atomic E-state index is 1.03. The molecular weight excluding hydrogens is 132 g/mol. The van der Waals surface area contributed by atoms with Gasteiger partial charge in [-0.3, -0.25) is 0 Å². The molecule has 64 valence electrons. The SMILES string of the molecule is CCC/C=C\CC1CCCC1. The van der Waals surface area contributed by atoms with E-state index in [4.69, 9.17) is 0 Å². The number of hydrogen-bond donors (Lipinski definition) is 0. The Balaban J connectivity index is 2.01. The molecule has 0 bridgehead atoms. The Bertz CT molecular complexity index is 107. The third-order valence-corrected chi connectivity index (χ3v) is 2.57. The van der Waals surface area contributed by atoms with E-state index in [-0.39, 0.29) is 0 Å². The zero-order valence-corrected chi connectivity index (χ0v) is 7.68. The molecule has 0 amide bonds. The van der Waals surface area contributed by atoms with Crippen molar-refractivity contribution in [3.8, 4) is 0 Å². The van der Waals surface area contributed by atoms with Crippen molar-refractivity contribution >= 4 is 0 Å². The first-order chi connectivity index (χ1) is 5.43. The number of hydrogen-bond acceptors (Lipinski definition) is 0. The number of allylic oxidation sites excluding steroid dienone is 2. The average molecular weight is 152 g/mol. The van der Waals surface area contributed by atoms with Crippen LogP contribution in [0.5, 0.6) is 0 Å². The van der Waals surface area contributed by atoms with Gasteiger partial charge in [-0.25, -0.2) is 0 Å². The van der Waals surface area contributed by atoms with E-state index >= 15 is 0 Å². The van der Waals surface area contributed by atoms with Crippen molar-refractivity contribution in [2.75, 3.05) is 0 Å². The number of rotatable bonds is 4. The average Bonchev–Trinajstić information content (AvgIpc) is 2.50. The van der Waals surface area contributed by atoms with E-state index in [2.05, 4.69) is 19.1 Å². The Hall–Kier alpha value is -0.260. The maximum absolute atomic E-state index is 2.39. The molecule has 0 atom stereocenters. The Morgan fingerprint density at radius 2 is 1.91 bits per heavy atom. The maximum atomic E-state index is 2.39. The van der Waals surface area contributed by atoms with Gasteiger partial charge in [0.05, 0.1) is 0 Å². The quantitative estimate of drug-likeness (QED) is 0.535. The third-order valence-electron chi connectivity index (χ3n) is 2.57. The highest BCUT2D eigenvalue weighted by Crippen LogP contribution is 2.27. The summed E-state index contributed by atoms with van der Waals surface area (Å²) in [4.78, 5) is 0. The fourth-order valence-corrected chi connectivity index (χ4v) is 1.82. The summed E-state index contributed by atoms with van der Waals surface area (Å²) in [6.07, 6.45) is 14.6. The zero-order chi connectivity index (χ0) is 7.94. The molecule has 0 nitrogen and oxygen atoms in total. The van der Waals surface area contributed by atoms with E-state index < -0.39 is 0 Å². The first-order valence-electron chi connectivity index (χ1n) is 5.08. The maximum Gasteiger partial charge on any atom is -0.0322 e. The molecule has 1 rings (SSSR count). The van der Waals surface area contributed by atoms with Crippen molar-refractivity contribution in [3.63, 3.8) is 0 Å². The van der Waals surface area contributed by atoms with Gasteiger partial charge in [0.25, 0.3) is 0 Å². The summed E-state index contributed by atoms with van der Waals surface area (Å²) >= 11 is 0. The van der Waals surface area contributed by atoms with Gasteiger partial charge in [-0.05, 0) is 18.8 Å². The normalized spacial score (nSPS) is 20.1. The molecule has 0 spiro atoms. The summed E-state index contributed by atoms with van der Waals surface area (Å²) in [5, 5.41) is 0. The minimum atomic E-state index is 1.03. The van der Waals surface area contributed by atoms with Gasteiger partial charge in [0.2, 0.25) is 0 Å². The van der Waals surface area contributed by atoms with Crippen LogP contribution in [-0.2, 0) is 0 Å². The molecule has 0 radical (unpaired) electrons. The minimum Gasteiger partial charge on any atom is -0.0885 e. The monoisotopic (exact) mass is 152 g/mol. The highest BCUT2D eigenvalue weighted by atomic mass is 14.2. The summed E-state index contributed by atoms with van der Waals surface area (Å²) in [6.45, 7) is 2.24. The second-order valence-electron chi connectivity index (χ2n) is 3.65. The van der Waals surface area contributed by atoms with Gasteiger partial charge in [-0.2, -0.15) is 0 Å². The molecule has 0 aliphatic heterocycles. The largest absolute Gasteiger partial charge is 0.0885 e. The Kier molecular flexibility index (Phi) is 4.33. The molecule has 1 saturated carbocycles. The van der Waals surface area contributed by atoms with Crippen LogP contribution < -0.4 is 0 Å². The fraction of sp³-hybridized carbons (Fsp3) is 0.818. The van der Waals surface area contributed by atoms with E-state index in [1.54, 1.807) is 0 Å². The van der Waals surface area contributed by atoms with E-state index in [1.165, 1.54) is 44.9 Å². The lowest BCUT2D eigenvalue weighted by atomic mass is 10.0. The zero-order valence-electron chi connectivity index (χ0n) is 7.68. The lowest BCUT2D eigenvalue weighted by molar-refractivity contribution is 0.557. The standard InChI is InChI=1S/C11H20/c1-2-3-4-5-8-11-9-6-7-10-11/h4-5,11H,2-3,6-10H2,1H3/b5-4-. The van der Waals surface area contributed by atoms with Crippen molar-refractivity contribution in [1.82, 2.24) is 0 Å². The summed E-state index contributed by atoms with van der Waals surface area (Å²) in [5.41, 5.74) is 0. The molecule has 1 aliphatic carbocycles. The van der Waals surface area contributed by atoms with Crippen LogP contribution in [0.2, 0.25) is 0 Å². The summed E-state index contributed by atoms with van der Waals surface area (Å²) in [6, 6.07) is 0. The topological polar surface area (TPSA) is 0 Å². The molecule has 0 aromatic heterocycles. The highest BCUT2D eigenvalue weighted by Gasteiger charge is 2.12. The molecule has 0 aromatic carbocycles. The van der Waals surface area contributed by atoms with Crippen LogP contribution in [0.1, 0.15) is 51.9 Å². The molecular formula is C11H20. The van der Waals surface area contributed by atoms with Crippen LogP contribution in [0.25, 0.3) is 0 Å². The summed E-state index contributed by atoms with van der Waals surface area (Å²) in [5.74, 6) is 1.03. The lowest BCUT2D eigenvalue weighted by Gasteiger charge is -2.02. The summed E-state index contributed by atoms with van der Waals surface area (Å²) < 4.78 is 0. The smallest absolute Gasteiger partial charge is 0.0322 e. The van der Waals surface area contributed by atoms with E-state index in [1.807, 2.05) is 0 Å². The van der Waals surface area contributed by atoms with Crippen LogP contribution in [0, 0.1) is 5.92 Å². The van der Waals surface area contributed by atoms with E-state index in [9.17, 15) is 0 Å². The van der Waals surface area contributed by atoms with Crippen molar-refractivity contribution in [2.24, 2.45) is 5.92 Å². The molecule has 0 heteroatoms. The second-order valence-corrected chi connectivity index (χ2v) is 3.65. The van der Waals surface area contributed by atoms with Gasteiger partial charge in [-0.15, -0.1) is 0 Å². The van der Waals surface area contributed by atoms with Gasteiger partial charge in [0.1, 0.15) is 0 Å². The predicted octanol–water partition coefficient (Wildman–Crippen LogP) is 3.92. The molecule has 0 heterocycles. The fourth-order valence-electron chi connectivity index (χ4n) is 1.82. The molecule has 0 saturated heterocycles. The van der Waals surface area contributed by atoms with Gasteiger partial charge in [0.15, 0.2) is 0 Å². The Morgan fingerprint density at radius 1 is 1.18 bits per heavy atom. The van der Waals surface area contributed by atoms with E-state index in [0.29, 0.717) is 0 Å². The second kappa shape index (κ2) is 5.40. The van der Waals surface area contributed by atoms with Gasteiger partial charge >= 0.3 is 0 Å². The lowest BCUT2D eigenvalue weighted by Crippen LogP contribution is -1.88. The summed E-state index contributed by atoms with van der Waals surface area (Å²) in [7, 11) is 0. The highest BCUT2D eigenvalue weighted by molar-refractivity contribution is 4.85. The first kappa shape index (κ1) is 8.83. The van der Waals surface area contributed by atoms with Crippen molar-refractivity contribution < 1.29 is 0 Å². The van der Waals surface area contributed by atoms with Crippen LogP contribution >= 0.6 is 0 Å². The van der Waals surface area contributed by atoms with Crippen LogP contribution in [0.15, 0.2) is 12.2 Å². The number of unbranched alkanes of at least 4 members (excludes halogenated alkanes) is 1. The molecule has 0 aromatic rings. The van der Waals surface area contributed by atoms with Crippen molar-refractivity contribution in [1.29, 1.82) is 0 Å². The van der Waals surface area contributed by atoms with Gasteiger partial charge in [0, 0.05) is 0 Å². The molecule has 0 unspecified atom stereocenters. The third kappa shape index (κ3) is 3.60. The molecule has 11 heavy (non-hydrogen) atoms. The van der Waals surface area contributed by atoms with Gasteiger partial charge in [-0.1, -0.05) is 51.2 Å². The van der Waals surface area contributed by atoms with Crippen LogP contribution in [-0.4, -0.2) is 0 Å². The predicted molar refractivity (Wildman–Crippen MR) is 50.6 cm³/mol. The molecule has 1 fully saturated rings. The van der Waals surface area contributed by atoms with Crippen molar-refractivity contribution in [3.05, 3.63) is 12.2 Å². The van der Waals surface area contributed by atoms with Crippen LogP contribution in [0.3, 0.4) is 0 Å². The Morgan fingerprint density at radius 3 is 2.55 bits per heavy atom. The molecule has 0 N–H and O–H groups in total. The Labute approximate surface area is 70.7 Å². The van der Waals surface area contributed by atoms with Gasteiger partial charge < -0.3 is 0 Å². The van der Waals surface area contributed by atoms with Crippen LogP contribution in [0.4, 0.5) is 0 Å².